The van der Waals surface area contributed by atoms with Crippen molar-refractivity contribution in [2.45, 2.75) is 11.4 Å². The highest BCUT2D eigenvalue weighted by Gasteiger charge is 2.29. The third-order valence-electron chi connectivity index (χ3n) is 7.20. The van der Waals surface area contributed by atoms with Crippen molar-refractivity contribution in [3.8, 4) is 23.0 Å². The number of benzene rings is 3. The molecule has 1 amide bonds. The van der Waals surface area contributed by atoms with Crippen molar-refractivity contribution < 1.29 is 36.6 Å². The first kappa shape index (κ1) is 31.1. The van der Waals surface area contributed by atoms with Gasteiger partial charge in [-0.3, -0.25) is 9.69 Å². The first-order valence-electron chi connectivity index (χ1n) is 13.4. The molecule has 0 radical (unpaired) electrons. The zero-order chi connectivity index (χ0) is 30.3. The van der Waals surface area contributed by atoms with Gasteiger partial charge in [0.05, 0.1) is 33.3 Å². The molecule has 3 aromatic rings. The summed E-state index contributed by atoms with van der Waals surface area (Å²) >= 11 is 0. The molecule has 10 nitrogen and oxygen atoms in total. The van der Waals surface area contributed by atoms with Crippen molar-refractivity contribution in [3.05, 3.63) is 77.6 Å². The number of rotatable bonds is 12. The van der Waals surface area contributed by atoms with Crippen LogP contribution < -0.4 is 18.9 Å². The van der Waals surface area contributed by atoms with Gasteiger partial charge in [-0.2, -0.15) is 4.31 Å². The fraction of sp³-hybridized carbons (Fsp3) is 0.367. The van der Waals surface area contributed by atoms with Gasteiger partial charge >= 0.3 is 0 Å². The molecule has 1 heterocycles. The van der Waals surface area contributed by atoms with Gasteiger partial charge in [-0.15, -0.1) is 0 Å². The topological polar surface area (TPSA) is 97.9 Å². The molecule has 1 saturated heterocycles. The van der Waals surface area contributed by atoms with Gasteiger partial charge in [-0.05, 0) is 54.1 Å². The molecule has 12 heteroatoms. The van der Waals surface area contributed by atoms with Crippen molar-refractivity contribution in [2.75, 3.05) is 67.7 Å². The smallest absolute Gasteiger partial charge is 0.254 e. The average molecular weight is 602 g/mol. The molecule has 42 heavy (non-hydrogen) atoms. The Bertz CT molecular complexity index is 1430. The van der Waals surface area contributed by atoms with Crippen molar-refractivity contribution >= 4 is 15.9 Å². The molecular formula is C30H36FN3O7S. The van der Waals surface area contributed by atoms with E-state index in [0.29, 0.717) is 67.8 Å². The van der Waals surface area contributed by atoms with Gasteiger partial charge in [-0.25, -0.2) is 12.8 Å². The van der Waals surface area contributed by atoms with Crippen LogP contribution in [-0.2, 0) is 16.6 Å². The molecule has 1 fully saturated rings. The Hall–Kier alpha value is -3.87. The van der Waals surface area contributed by atoms with Gasteiger partial charge in [0.15, 0.2) is 11.5 Å². The molecule has 0 aromatic heterocycles. The second-order valence-corrected chi connectivity index (χ2v) is 11.6. The summed E-state index contributed by atoms with van der Waals surface area (Å²) in [4.78, 5) is 17.8. The molecule has 4 rings (SSSR count). The van der Waals surface area contributed by atoms with Crippen molar-refractivity contribution in [1.82, 2.24) is 14.1 Å². The highest BCUT2D eigenvalue weighted by atomic mass is 32.2. The summed E-state index contributed by atoms with van der Waals surface area (Å²) in [7, 11) is 2.35. The van der Waals surface area contributed by atoms with Gasteiger partial charge in [0.25, 0.3) is 5.91 Å². The number of carbonyl (C=O) groups is 1. The van der Waals surface area contributed by atoms with Crippen LogP contribution in [0.5, 0.6) is 23.0 Å². The Labute approximate surface area is 246 Å². The quantitative estimate of drug-likeness (QED) is 0.311. The predicted molar refractivity (Wildman–Crippen MR) is 155 cm³/mol. The van der Waals surface area contributed by atoms with Crippen LogP contribution in [0.1, 0.15) is 15.9 Å². The van der Waals surface area contributed by atoms with Crippen LogP contribution in [0.2, 0.25) is 0 Å². The highest BCUT2D eigenvalue weighted by molar-refractivity contribution is 7.89. The Morgan fingerprint density at radius 2 is 1.43 bits per heavy atom. The lowest BCUT2D eigenvalue weighted by Gasteiger charge is -2.35. The number of carbonyl (C=O) groups excluding carboxylic acids is 1. The lowest BCUT2D eigenvalue weighted by atomic mass is 10.1. The highest BCUT2D eigenvalue weighted by Crippen LogP contribution is 2.38. The third-order valence-corrected chi connectivity index (χ3v) is 9.11. The van der Waals surface area contributed by atoms with E-state index in [4.69, 9.17) is 18.9 Å². The Morgan fingerprint density at radius 3 is 1.95 bits per heavy atom. The number of halogens is 1. The summed E-state index contributed by atoms with van der Waals surface area (Å²) in [6.45, 7) is 2.81. The number of hydrogen-bond acceptors (Lipinski definition) is 8. The normalized spacial score (nSPS) is 14.3. The summed E-state index contributed by atoms with van der Waals surface area (Å²) in [5.74, 6) is 1.06. The van der Waals surface area contributed by atoms with E-state index in [1.807, 2.05) is 0 Å². The largest absolute Gasteiger partial charge is 0.497 e. The number of sulfonamides is 1. The lowest BCUT2D eigenvalue weighted by molar-refractivity contribution is 0.0709. The molecule has 0 spiro atoms. The summed E-state index contributed by atoms with van der Waals surface area (Å²) in [5, 5.41) is 0. The Balaban J connectivity index is 1.47. The molecule has 0 N–H and O–H groups in total. The summed E-state index contributed by atoms with van der Waals surface area (Å²) < 4.78 is 62.7. The van der Waals surface area contributed by atoms with E-state index in [2.05, 4.69) is 4.90 Å². The monoisotopic (exact) mass is 601 g/mol. The molecule has 0 saturated carbocycles. The lowest BCUT2D eigenvalue weighted by Crippen LogP contribution is -2.50. The van der Waals surface area contributed by atoms with Crippen molar-refractivity contribution in [3.63, 3.8) is 0 Å². The van der Waals surface area contributed by atoms with E-state index >= 15 is 0 Å². The number of amides is 1. The second kappa shape index (κ2) is 13.9. The molecule has 1 aliphatic rings. The van der Waals surface area contributed by atoms with Crippen LogP contribution in [0.4, 0.5) is 4.39 Å². The molecule has 0 atom stereocenters. The second-order valence-electron chi connectivity index (χ2n) is 9.69. The van der Waals surface area contributed by atoms with Crippen LogP contribution in [0.3, 0.4) is 0 Å². The van der Waals surface area contributed by atoms with E-state index in [1.54, 1.807) is 53.4 Å². The van der Waals surface area contributed by atoms with Crippen LogP contribution in [0, 0.1) is 5.82 Å². The Morgan fingerprint density at radius 1 is 0.833 bits per heavy atom. The number of methoxy groups -OCH3 is 4. The van der Waals surface area contributed by atoms with Gasteiger partial charge in [0.2, 0.25) is 15.8 Å². The maximum absolute atomic E-state index is 13.8. The minimum absolute atomic E-state index is 0.221. The standard InChI is InChI=1S/C30H36FN3O7S/c1-38-25-9-11-26(12-10-25)42(36,37)34-17-14-32(15-18-34)13-16-33(21-22-5-7-24(31)8-6-22)30(35)23-19-27(39-2)29(41-4)28(20-23)40-3/h5-12,19-20H,13-18,21H2,1-4H3. The van der Waals surface area contributed by atoms with Gasteiger partial charge < -0.3 is 23.8 Å². The van der Waals surface area contributed by atoms with Crippen LogP contribution in [0.25, 0.3) is 0 Å². The zero-order valence-corrected chi connectivity index (χ0v) is 25.0. The average Bonchev–Trinajstić information content (AvgIpc) is 3.03. The van der Waals surface area contributed by atoms with Gasteiger partial charge in [0, 0.05) is 51.4 Å². The number of nitrogens with zero attached hydrogens (tertiary/aromatic N) is 3. The molecule has 3 aromatic carbocycles. The van der Waals surface area contributed by atoms with Crippen molar-refractivity contribution in [2.24, 2.45) is 0 Å². The van der Waals surface area contributed by atoms with Crippen molar-refractivity contribution in [1.29, 1.82) is 0 Å². The SMILES string of the molecule is COc1ccc(S(=O)(=O)N2CCN(CCN(Cc3ccc(F)cc3)C(=O)c3cc(OC)c(OC)c(OC)c3)CC2)cc1. The minimum Gasteiger partial charge on any atom is -0.497 e. The molecule has 226 valence electrons. The van der Waals surface area contributed by atoms with Crippen LogP contribution in [-0.4, -0.2) is 96.1 Å². The van der Waals surface area contributed by atoms with E-state index in [9.17, 15) is 17.6 Å². The summed E-state index contributed by atoms with van der Waals surface area (Å²) in [6.07, 6.45) is 0. The summed E-state index contributed by atoms with van der Waals surface area (Å²) in [5.41, 5.74) is 1.12. The number of piperazine rings is 1. The maximum atomic E-state index is 13.8. The minimum atomic E-state index is -3.63. The maximum Gasteiger partial charge on any atom is 0.254 e. The van der Waals surface area contributed by atoms with Gasteiger partial charge in [-0.1, -0.05) is 12.1 Å². The van der Waals surface area contributed by atoms with E-state index in [0.717, 1.165) is 5.56 Å². The van der Waals surface area contributed by atoms with Crippen LogP contribution in [0.15, 0.2) is 65.6 Å². The van der Waals surface area contributed by atoms with E-state index < -0.39 is 10.0 Å². The number of hydrogen-bond donors (Lipinski definition) is 0. The molecular weight excluding hydrogens is 565 g/mol. The predicted octanol–water partition coefficient (Wildman–Crippen LogP) is 3.51. The fourth-order valence-electron chi connectivity index (χ4n) is 4.80. The van der Waals surface area contributed by atoms with Gasteiger partial charge in [0.1, 0.15) is 11.6 Å². The molecule has 1 aliphatic heterocycles. The Kier molecular flexibility index (Phi) is 10.3. The molecule has 0 bridgehead atoms. The van der Waals surface area contributed by atoms with E-state index in [-0.39, 0.29) is 23.2 Å². The molecule has 0 unspecified atom stereocenters. The molecule has 0 aliphatic carbocycles. The summed E-state index contributed by atoms with van der Waals surface area (Å²) in [6, 6.07) is 15.6. The zero-order valence-electron chi connectivity index (χ0n) is 24.2. The third kappa shape index (κ3) is 7.12. The first-order valence-corrected chi connectivity index (χ1v) is 14.8. The van der Waals surface area contributed by atoms with Crippen LogP contribution >= 0.6 is 0 Å². The van der Waals surface area contributed by atoms with E-state index in [1.165, 1.54) is 44.9 Å². The fourth-order valence-corrected chi connectivity index (χ4v) is 6.22. The number of ether oxygens (including phenoxy) is 4. The first-order chi connectivity index (χ1) is 20.2.